The summed E-state index contributed by atoms with van der Waals surface area (Å²) < 4.78 is 13.4. The molecule has 0 amide bonds. The van der Waals surface area contributed by atoms with Crippen LogP contribution in [0.5, 0.6) is 0 Å². The normalized spacial score (nSPS) is 21.5. The summed E-state index contributed by atoms with van der Waals surface area (Å²) in [6, 6.07) is 1.89. The highest BCUT2D eigenvalue weighted by Gasteiger charge is 2.32. The van der Waals surface area contributed by atoms with E-state index in [0.29, 0.717) is 23.5 Å². The summed E-state index contributed by atoms with van der Waals surface area (Å²) in [7, 11) is 0. The van der Waals surface area contributed by atoms with Crippen LogP contribution in [0.25, 0.3) is 0 Å². The lowest BCUT2D eigenvalue weighted by Crippen LogP contribution is -2.31. The van der Waals surface area contributed by atoms with E-state index >= 15 is 0 Å². The quantitative estimate of drug-likeness (QED) is 0.924. The Labute approximate surface area is 138 Å². The van der Waals surface area contributed by atoms with Gasteiger partial charge in [0.05, 0.1) is 19.0 Å². The van der Waals surface area contributed by atoms with Crippen molar-refractivity contribution in [1.82, 2.24) is 25.1 Å². The van der Waals surface area contributed by atoms with E-state index in [1.54, 1.807) is 6.26 Å². The summed E-state index contributed by atoms with van der Waals surface area (Å²) in [4.78, 5) is 2.16. The molecule has 1 aliphatic carbocycles. The number of fused-ring (bicyclic) bond motifs is 1. The number of ether oxygens (including phenoxy) is 1. The second-order valence-electron chi connectivity index (χ2n) is 6.43. The van der Waals surface area contributed by atoms with Crippen LogP contribution >= 0.6 is 0 Å². The fourth-order valence-electron chi connectivity index (χ4n) is 3.12. The second-order valence-corrected chi connectivity index (χ2v) is 6.43. The lowest BCUT2D eigenvalue weighted by molar-refractivity contribution is 0.276. The Balaban J connectivity index is 1.29. The molecule has 8 heteroatoms. The summed E-state index contributed by atoms with van der Waals surface area (Å²) in [5.74, 6) is 4.51. The third-order valence-corrected chi connectivity index (χ3v) is 4.58. The molecule has 1 N–H and O–H groups in total. The Kier molecular flexibility index (Phi) is 2.91. The molecule has 24 heavy (non-hydrogen) atoms. The van der Waals surface area contributed by atoms with Crippen LogP contribution in [0.4, 0.5) is 0 Å². The number of nitrogens with zero attached hydrogens (tertiary/aromatic N) is 5. The van der Waals surface area contributed by atoms with E-state index in [2.05, 4.69) is 30.2 Å². The summed E-state index contributed by atoms with van der Waals surface area (Å²) in [5, 5.41) is 12.9. The van der Waals surface area contributed by atoms with E-state index in [0.717, 1.165) is 36.8 Å². The van der Waals surface area contributed by atoms with Crippen molar-refractivity contribution in [1.29, 1.82) is 0 Å². The van der Waals surface area contributed by atoms with Gasteiger partial charge in [-0.3, -0.25) is 0 Å². The van der Waals surface area contributed by atoms with Gasteiger partial charge in [0.2, 0.25) is 5.88 Å². The van der Waals surface area contributed by atoms with Gasteiger partial charge in [-0.05, 0) is 25.8 Å². The zero-order chi connectivity index (χ0) is 16.1. The lowest BCUT2D eigenvalue weighted by Gasteiger charge is -2.26. The first-order chi connectivity index (χ1) is 11.8. The molecule has 2 aromatic rings. The number of hydrogen-bond acceptors (Lipinski definition) is 7. The number of aromatic nitrogens is 3. The zero-order valence-electron chi connectivity index (χ0n) is 13.4. The molecule has 5 rings (SSSR count). The SMILES string of the molecule is Cc1ccoc1C1=NNC(=CN2CCn3c(nnc3C3CC3)C2)O1. The molecule has 0 unspecified atom stereocenters. The van der Waals surface area contributed by atoms with Crippen molar-refractivity contribution in [3.05, 3.63) is 47.4 Å². The average Bonchev–Trinajstić information content (AvgIpc) is 2.98. The van der Waals surface area contributed by atoms with Crippen molar-refractivity contribution in [3.63, 3.8) is 0 Å². The highest BCUT2D eigenvalue weighted by Crippen LogP contribution is 2.39. The maximum atomic E-state index is 5.75. The highest BCUT2D eigenvalue weighted by atomic mass is 16.5. The Morgan fingerprint density at radius 1 is 1.29 bits per heavy atom. The highest BCUT2D eigenvalue weighted by molar-refractivity contribution is 5.94. The molecule has 4 heterocycles. The maximum absolute atomic E-state index is 5.75. The number of aryl methyl sites for hydroxylation is 1. The van der Waals surface area contributed by atoms with Crippen LogP contribution in [0.15, 0.2) is 33.9 Å². The van der Waals surface area contributed by atoms with Crippen LogP contribution in [0.2, 0.25) is 0 Å². The molecule has 0 bridgehead atoms. The largest absolute Gasteiger partial charge is 0.459 e. The maximum Gasteiger partial charge on any atom is 0.281 e. The zero-order valence-corrected chi connectivity index (χ0v) is 13.4. The van der Waals surface area contributed by atoms with Crippen LogP contribution < -0.4 is 5.43 Å². The van der Waals surface area contributed by atoms with Gasteiger partial charge >= 0.3 is 0 Å². The number of rotatable bonds is 3. The second kappa shape index (κ2) is 5.12. The van der Waals surface area contributed by atoms with Gasteiger partial charge in [0.15, 0.2) is 11.6 Å². The van der Waals surface area contributed by atoms with E-state index in [9.17, 15) is 0 Å². The molecule has 0 aromatic carbocycles. The fraction of sp³-hybridized carbons (Fsp3) is 0.438. The molecule has 1 fully saturated rings. The summed E-state index contributed by atoms with van der Waals surface area (Å²) in [5.41, 5.74) is 3.91. The van der Waals surface area contributed by atoms with Crippen molar-refractivity contribution in [2.75, 3.05) is 6.54 Å². The van der Waals surface area contributed by atoms with Crippen molar-refractivity contribution >= 4 is 5.90 Å². The first kappa shape index (κ1) is 13.6. The fourth-order valence-corrected chi connectivity index (χ4v) is 3.12. The van der Waals surface area contributed by atoms with Crippen LogP contribution in [-0.4, -0.2) is 32.1 Å². The number of hydrazone groups is 1. The Bertz CT molecular complexity index is 845. The predicted molar refractivity (Wildman–Crippen MR) is 84.7 cm³/mol. The van der Waals surface area contributed by atoms with Crippen LogP contribution in [0.1, 0.15) is 41.7 Å². The standard InChI is InChI=1S/C16H18N6O2/c1-10-4-7-23-14(10)16-20-18-13(24-16)9-21-5-6-22-12(8-21)17-19-15(22)11-2-3-11/h4,7,9,11,18H,2-3,5-6,8H2,1H3. The predicted octanol–water partition coefficient (Wildman–Crippen LogP) is 1.65. The minimum atomic E-state index is 0.458. The van der Waals surface area contributed by atoms with Crippen LogP contribution in [-0.2, 0) is 17.8 Å². The minimum Gasteiger partial charge on any atom is -0.459 e. The topological polar surface area (TPSA) is 80.7 Å². The van der Waals surface area contributed by atoms with Gasteiger partial charge in [-0.2, -0.15) is 0 Å². The number of furan rings is 1. The molecule has 0 spiro atoms. The molecule has 2 aliphatic heterocycles. The molecule has 0 saturated heterocycles. The molecule has 2 aromatic heterocycles. The van der Waals surface area contributed by atoms with E-state index in [-0.39, 0.29) is 0 Å². The number of hydrogen-bond donors (Lipinski definition) is 1. The minimum absolute atomic E-state index is 0.458. The van der Waals surface area contributed by atoms with Gasteiger partial charge < -0.3 is 18.6 Å². The molecular weight excluding hydrogens is 308 g/mol. The monoisotopic (exact) mass is 326 g/mol. The van der Waals surface area contributed by atoms with E-state index < -0.39 is 0 Å². The van der Waals surface area contributed by atoms with Crippen molar-refractivity contribution < 1.29 is 9.15 Å². The molecule has 1 saturated carbocycles. The van der Waals surface area contributed by atoms with Gasteiger partial charge in [-0.25, -0.2) is 5.43 Å². The molecule has 124 valence electrons. The van der Waals surface area contributed by atoms with Gasteiger partial charge in [0.1, 0.15) is 5.82 Å². The first-order valence-corrected chi connectivity index (χ1v) is 8.22. The van der Waals surface area contributed by atoms with E-state index in [1.165, 1.54) is 12.8 Å². The van der Waals surface area contributed by atoms with Crippen molar-refractivity contribution in [2.24, 2.45) is 5.10 Å². The van der Waals surface area contributed by atoms with Gasteiger partial charge in [0, 0.05) is 24.6 Å². The van der Waals surface area contributed by atoms with Gasteiger partial charge in [0.25, 0.3) is 5.90 Å². The van der Waals surface area contributed by atoms with Crippen LogP contribution in [0, 0.1) is 6.92 Å². The first-order valence-electron chi connectivity index (χ1n) is 8.22. The van der Waals surface area contributed by atoms with Crippen LogP contribution in [0.3, 0.4) is 0 Å². The van der Waals surface area contributed by atoms with Crippen molar-refractivity contribution in [3.8, 4) is 0 Å². The Hall–Kier alpha value is -2.77. The average molecular weight is 326 g/mol. The third kappa shape index (κ3) is 2.26. The summed E-state index contributed by atoms with van der Waals surface area (Å²) in [6.45, 7) is 4.49. The molecular formula is C16H18N6O2. The lowest BCUT2D eigenvalue weighted by atomic mass is 10.3. The summed E-state index contributed by atoms with van der Waals surface area (Å²) >= 11 is 0. The third-order valence-electron chi connectivity index (χ3n) is 4.58. The smallest absolute Gasteiger partial charge is 0.281 e. The molecule has 3 aliphatic rings. The van der Waals surface area contributed by atoms with Gasteiger partial charge in [-0.1, -0.05) is 0 Å². The van der Waals surface area contributed by atoms with Gasteiger partial charge in [-0.15, -0.1) is 15.3 Å². The van der Waals surface area contributed by atoms with E-state index in [1.807, 2.05) is 19.2 Å². The molecule has 0 atom stereocenters. The summed E-state index contributed by atoms with van der Waals surface area (Å²) in [6.07, 6.45) is 6.06. The molecule has 8 nitrogen and oxygen atoms in total. The Morgan fingerprint density at radius 3 is 3.00 bits per heavy atom. The van der Waals surface area contributed by atoms with E-state index in [4.69, 9.17) is 9.15 Å². The number of nitrogens with one attached hydrogen (secondary N) is 1. The molecule has 0 radical (unpaired) electrons. The van der Waals surface area contributed by atoms with Crippen molar-refractivity contribution in [2.45, 2.75) is 38.8 Å². The Morgan fingerprint density at radius 2 is 2.21 bits per heavy atom.